The van der Waals surface area contributed by atoms with Gasteiger partial charge in [0.25, 0.3) is 11.8 Å². The Hall–Kier alpha value is -2.93. The molecule has 3 aromatic rings. The van der Waals surface area contributed by atoms with Gasteiger partial charge in [-0.25, -0.2) is 4.68 Å². The first kappa shape index (κ1) is 21.3. The molecular weight excluding hydrogens is 408 g/mol. The predicted molar refractivity (Wildman–Crippen MR) is 120 cm³/mol. The van der Waals surface area contributed by atoms with Gasteiger partial charge in [0.2, 0.25) is 0 Å². The van der Waals surface area contributed by atoms with Gasteiger partial charge in [0.15, 0.2) is 0 Å². The number of aryl methyl sites for hydroxylation is 2. The van der Waals surface area contributed by atoms with E-state index in [1.54, 1.807) is 36.0 Å². The Bertz CT molecular complexity index is 1030. The standard InChI is InChI=1S/C24H26N4O2S/c1-2-3-15-21-24(31-18-11-5-4-6-12-18)28(26-25-21)17-10-9-16-27-22(29)19-13-7-8-14-20(19)23(27)30/h4-8,11-14H,2-3,9-10,15-17H2,1H3. The number of carbonyl (C=O) groups excluding carboxylic acids is 2. The molecule has 2 aromatic carbocycles. The summed E-state index contributed by atoms with van der Waals surface area (Å²) in [7, 11) is 0. The zero-order valence-corrected chi connectivity index (χ0v) is 18.5. The maximum atomic E-state index is 12.5. The van der Waals surface area contributed by atoms with Crippen molar-refractivity contribution in [3.05, 3.63) is 71.4 Å². The van der Waals surface area contributed by atoms with E-state index in [0.29, 0.717) is 24.2 Å². The van der Waals surface area contributed by atoms with Gasteiger partial charge < -0.3 is 0 Å². The number of hydrogen-bond donors (Lipinski definition) is 0. The van der Waals surface area contributed by atoms with Crippen LogP contribution in [0.25, 0.3) is 0 Å². The number of fused-ring (bicyclic) bond motifs is 1. The van der Waals surface area contributed by atoms with Crippen molar-refractivity contribution >= 4 is 23.6 Å². The fourth-order valence-corrected chi connectivity index (χ4v) is 4.68. The summed E-state index contributed by atoms with van der Waals surface area (Å²) in [5.74, 6) is -0.382. The SMILES string of the molecule is CCCCc1nnn(CCCCN2C(=O)c3ccccc3C2=O)c1Sc1ccccc1. The van der Waals surface area contributed by atoms with Crippen molar-refractivity contribution in [1.82, 2.24) is 19.9 Å². The molecule has 0 spiro atoms. The van der Waals surface area contributed by atoms with Gasteiger partial charge >= 0.3 is 0 Å². The molecule has 7 heteroatoms. The molecule has 0 radical (unpaired) electrons. The van der Waals surface area contributed by atoms with Crippen LogP contribution in [0.3, 0.4) is 0 Å². The smallest absolute Gasteiger partial charge is 0.261 e. The first-order valence-electron chi connectivity index (χ1n) is 10.8. The number of hydrogen-bond acceptors (Lipinski definition) is 5. The quantitative estimate of drug-likeness (QED) is 0.337. The number of amides is 2. The van der Waals surface area contributed by atoms with Gasteiger partial charge in [-0.05, 0) is 49.9 Å². The lowest BCUT2D eigenvalue weighted by molar-refractivity contribution is 0.0651. The highest BCUT2D eigenvalue weighted by Crippen LogP contribution is 2.30. The fraction of sp³-hybridized carbons (Fsp3) is 0.333. The Kier molecular flexibility index (Phi) is 6.82. The molecule has 1 aliphatic heterocycles. The second kappa shape index (κ2) is 9.92. The zero-order chi connectivity index (χ0) is 21.6. The van der Waals surface area contributed by atoms with E-state index in [1.807, 2.05) is 22.9 Å². The topological polar surface area (TPSA) is 68.1 Å². The minimum Gasteiger partial charge on any atom is -0.274 e. The summed E-state index contributed by atoms with van der Waals surface area (Å²) in [5, 5.41) is 9.91. The molecule has 0 saturated heterocycles. The number of carbonyl (C=O) groups is 2. The highest BCUT2D eigenvalue weighted by molar-refractivity contribution is 7.99. The summed E-state index contributed by atoms with van der Waals surface area (Å²) < 4.78 is 1.96. The van der Waals surface area contributed by atoms with E-state index in [0.717, 1.165) is 47.7 Å². The van der Waals surface area contributed by atoms with Crippen LogP contribution < -0.4 is 0 Å². The Balaban J connectivity index is 1.38. The van der Waals surface area contributed by atoms with Crippen molar-refractivity contribution < 1.29 is 9.59 Å². The molecule has 0 saturated carbocycles. The van der Waals surface area contributed by atoms with Crippen LogP contribution in [0.5, 0.6) is 0 Å². The molecule has 2 heterocycles. The Morgan fingerprint density at radius 1 is 0.839 bits per heavy atom. The van der Waals surface area contributed by atoms with E-state index >= 15 is 0 Å². The number of benzene rings is 2. The van der Waals surface area contributed by atoms with Crippen LogP contribution >= 0.6 is 11.8 Å². The number of imide groups is 1. The van der Waals surface area contributed by atoms with Crippen molar-refractivity contribution in [2.75, 3.05) is 6.54 Å². The van der Waals surface area contributed by atoms with Gasteiger partial charge in [0.05, 0.1) is 16.8 Å². The van der Waals surface area contributed by atoms with Crippen LogP contribution in [-0.4, -0.2) is 38.3 Å². The summed E-state index contributed by atoms with van der Waals surface area (Å²) in [6.07, 6.45) is 4.65. The first-order chi connectivity index (χ1) is 15.2. The maximum absolute atomic E-state index is 12.5. The van der Waals surface area contributed by atoms with Gasteiger partial charge in [-0.15, -0.1) is 5.10 Å². The van der Waals surface area contributed by atoms with E-state index in [9.17, 15) is 9.59 Å². The van der Waals surface area contributed by atoms with Crippen molar-refractivity contribution in [3.63, 3.8) is 0 Å². The summed E-state index contributed by atoms with van der Waals surface area (Å²) >= 11 is 1.69. The third-order valence-electron chi connectivity index (χ3n) is 5.36. The van der Waals surface area contributed by atoms with E-state index < -0.39 is 0 Å². The third-order valence-corrected chi connectivity index (χ3v) is 6.51. The van der Waals surface area contributed by atoms with Gasteiger partial charge in [-0.3, -0.25) is 14.5 Å². The van der Waals surface area contributed by atoms with Crippen LogP contribution in [0.15, 0.2) is 64.5 Å². The molecule has 0 aliphatic carbocycles. The van der Waals surface area contributed by atoms with Crippen molar-refractivity contribution in [1.29, 1.82) is 0 Å². The molecule has 31 heavy (non-hydrogen) atoms. The minimum atomic E-state index is -0.191. The second-order valence-electron chi connectivity index (χ2n) is 7.60. The Morgan fingerprint density at radius 3 is 2.16 bits per heavy atom. The summed E-state index contributed by atoms with van der Waals surface area (Å²) in [6, 6.07) is 17.3. The molecule has 0 unspecified atom stereocenters. The second-order valence-corrected chi connectivity index (χ2v) is 8.66. The van der Waals surface area contributed by atoms with E-state index in [1.165, 1.54) is 4.90 Å². The number of nitrogens with zero attached hydrogens (tertiary/aromatic N) is 4. The lowest BCUT2D eigenvalue weighted by atomic mass is 10.1. The van der Waals surface area contributed by atoms with Crippen LogP contribution in [0.4, 0.5) is 0 Å². The van der Waals surface area contributed by atoms with Crippen molar-refractivity contribution in [2.24, 2.45) is 0 Å². The fourth-order valence-electron chi connectivity index (χ4n) is 3.67. The average molecular weight is 435 g/mol. The largest absolute Gasteiger partial charge is 0.274 e. The molecule has 0 bridgehead atoms. The van der Waals surface area contributed by atoms with Crippen LogP contribution in [-0.2, 0) is 13.0 Å². The Morgan fingerprint density at radius 2 is 1.48 bits per heavy atom. The number of aromatic nitrogens is 3. The molecule has 6 nitrogen and oxygen atoms in total. The van der Waals surface area contributed by atoms with Crippen molar-refractivity contribution in [2.45, 2.75) is 55.5 Å². The van der Waals surface area contributed by atoms with Gasteiger partial charge in [0, 0.05) is 18.0 Å². The highest BCUT2D eigenvalue weighted by Gasteiger charge is 2.34. The minimum absolute atomic E-state index is 0.191. The molecule has 2 amide bonds. The normalized spacial score (nSPS) is 13.1. The molecule has 4 rings (SSSR count). The average Bonchev–Trinajstić information content (AvgIpc) is 3.29. The summed E-state index contributed by atoms with van der Waals surface area (Å²) in [4.78, 5) is 27.5. The monoisotopic (exact) mass is 434 g/mol. The van der Waals surface area contributed by atoms with Gasteiger partial charge in [-0.1, -0.05) is 60.7 Å². The summed E-state index contributed by atoms with van der Waals surface area (Å²) in [5.41, 5.74) is 2.05. The molecule has 0 atom stereocenters. The van der Waals surface area contributed by atoms with E-state index in [-0.39, 0.29) is 11.8 Å². The highest BCUT2D eigenvalue weighted by atomic mass is 32.2. The summed E-state index contributed by atoms with van der Waals surface area (Å²) in [6.45, 7) is 3.30. The third kappa shape index (κ3) is 4.71. The zero-order valence-electron chi connectivity index (χ0n) is 17.7. The van der Waals surface area contributed by atoms with Crippen molar-refractivity contribution in [3.8, 4) is 0 Å². The molecule has 1 aromatic heterocycles. The molecular formula is C24H26N4O2S. The lowest BCUT2D eigenvalue weighted by Gasteiger charge is -2.14. The Labute approximate surface area is 186 Å². The number of unbranched alkanes of at least 4 members (excludes halogenated alkanes) is 2. The first-order valence-corrected chi connectivity index (χ1v) is 11.6. The van der Waals surface area contributed by atoms with Crippen LogP contribution in [0, 0.1) is 0 Å². The lowest BCUT2D eigenvalue weighted by Crippen LogP contribution is -2.30. The maximum Gasteiger partial charge on any atom is 0.261 e. The van der Waals surface area contributed by atoms with Gasteiger partial charge in [-0.2, -0.15) is 0 Å². The van der Waals surface area contributed by atoms with Crippen LogP contribution in [0.1, 0.15) is 59.0 Å². The number of rotatable bonds is 10. The molecule has 0 N–H and O–H groups in total. The molecule has 160 valence electrons. The predicted octanol–water partition coefficient (Wildman–Crippen LogP) is 4.85. The van der Waals surface area contributed by atoms with E-state index in [2.05, 4.69) is 29.4 Å². The molecule has 1 aliphatic rings. The van der Waals surface area contributed by atoms with Crippen LogP contribution in [0.2, 0.25) is 0 Å². The van der Waals surface area contributed by atoms with E-state index in [4.69, 9.17) is 0 Å². The molecule has 0 fully saturated rings. The van der Waals surface area contributed by atoms with Gasteiger partial charge in [0.1, 0.15) is 5.03 Å².